The van der Waals surface area contributed by atoms with Crippen molar-refractivity contribution in [3.63, 3.8) is 0 Å². The molecule has 0 saturated heterocycles. The van der Waals surface area contributed by atoms with E-state index in [-0.39, 0.29) is 22.2 Å². The summed E-state index contributed by atoms with van der Waals surface area (Å²) >= 11 is 5.93. The van der Waals surface area contributed by atoms with E-state index in [1.165, 1.54) is 23.4 Å². The second kappa shape index (κ2) is 8.43. The van der Waals surface area contributed by atoms with Crippen LogP contribution in [0.5, 0.6) is 5.75 Å². The van der Waals surface area contributed by atoms with Gasteiger partial charge in [0.25, 0.3) is 5.91 Å². The number of halogens is 1. The highest BCUT2D eigenvalue weighted by Crippen LogP contribution is 2.27. The van der Waals surface area contributed by atoms with E-state index in [1.807, 2.05) is 24.3 Å². The number of hydrogen-bond donors (Lipinski definition) is 2. The van der Waals surface area contributed by atoms with E-state index in [0.29, 0.717) is 0 Å². The van der Waals surface area contributed by atoms with Crippen LogP contribution in [0.15, 0.2) is 47.4 Å². The molecule has 9 heteroatoms. The first kappa shape index (κ1) is 21.4. The lowest BCUT2D eigenvalue weighted by molar-refractivity contribution is -0.120. The summed E-state index contributed by atoms with van der Waals surface area (Å²) in [4.78, 5) is 10.8. The van der Waals surface area contributed by atoms with E-state index in [1.54, 1.807) is 0 Å². The number of nitrogens with one attached hydrogen (secondary N) is 1. The lowest BCUT2D eigenvalue weighted by atomic mass is 10.2. The molecule has 0 aliphatic rings. The van der Waals surface area contributed by atoms with Gasteiger partial charge in [0.15, 0.2) is 6.61 Å². The lowest BCUT2D eigenvalue weighted by Crippen LogP contribution is -2.37. The molecule has 0 saturated carbocycles. The van der Waals surface area contributed by atoms with E-state index in [2.05, 4.69) is 24.4 Å². The number of benzene rings is 2. The van der Waals surface area contributed by atoms with Gasteiger partial charge in [-0.2, -0.15) is 0 Å². The zero-order chi connectivity index (χ0) is 20.2. The number of amides is 1. The molecule has 0 aliphatic carbocycles. The van der Waals surface area contributed by atoms with Crippen LogP contribution in [0.3, 0.4) is 0 Å². The summed E-state index contributed by atoms with van der Waals surface area (Å²) in [6.07, 6.45) is 0. The third-order valence-corrected chi connectivity index (χ3v) is 7.57. The van der Waals surface area contributed by atoms with Crippen LogP contribution >= 0.6 is 11.6 Å². The van der Waals surface area contributed by atoms with Crippen LogP contribution in [0.4, 0.5) is 0 Å². The van der Waals surface area contributed by atoms with E-state index in [4.69, 9.17) is 22.1 Å². The number of hydrogen-bond acceptors (Lipinski definition) is 4. The number of nitrogens with two attached hydrogens (primary N) is 1. The second-order valence-corrected chi connectivity index (χ2v) is 14.4. The average molecular weight is 427 g/mol. The molecule has 0 fully saturated rings. The highest BCUT2D eigenvalue weighted by molar-refractivity contribution is 7.89. The number of sulfonamides is 1. The number of carbonyl (C=O) groups excluding carboxylic acids is 1. The van der Waals surface area contributed by atoms with Gasteiger partial charge < -0.3 is 10.5 Å². The molecular formula is C18H23ClN2O4SSi. The van der Waals surface area contributed by atoms with Gasteiger partial charge in [0.05, 0.1) is 8.07 Å². The van der Waals surface area contributed by atoms with Gasteiger partial charge >= 0.3 is 0 Å². The molecule has 146 valence electrons. The van der Waals surface area contributed by atoms with Crippen molar-refractivity contribution in [3.05, 3.63) is 53.1 Å². The molecule has 6 nitrogen and oxygen atoms in total. The molecule has 0 spiro atoms. The van der Waals surface area contributed by atoms with Gasteiger partial charge in [0.2, 0.25) is 10.0 Å². The monoisotopic (exact) mass is 426 g/mol. The molecule has 0 bridgehead atoms. The third kappa shape index (κ3) is 6.07. The molecule has 0 heterocycles. The summed E-state index contributed by atoms with van der Waals surface area (Å²) in [5.41, 5.74) is 5.89. The minimum atomic E-state index is -3.90. The molecule has 0 radical (unpaired) electrons. The summed E-state index contributed by atoms with van der Waals surface area (Å²) in [6, 6.07) is 12.0. The highest BCUT2D eigenvalue weighted by atomic mass is 35.5. The van der Waals surface area contributed by atoms with Gasteiger partial charge in [0.1, 0.15) is 10.6 Å². The summed E-state index contributed by atoms with van der Waals surface area (Å²) in [5, 5.41) is 1.53. The zero-order valence-corrected chi connectivity index (χ0v) is 18.0. The fourth-order valence-electron chi connectivity index (χ4n) is 2.34. The lowest BCUT2D eigenvalue weighted by Gasteiger charge is -2.17. The SMILES string of the molecule is C[Si](C)(C)c1ccc(CNS(=O)(=O)c2cc(Cl)ccc2OCC(N)=O)cc1. The minimum Gasteiger partial charge on any atom is -0.482 e. The van der Waals surface area contributed by atoms with Gasteiger partial charge in [-0.15, -0.1) is 0 Å². The highest BCUT2D eigenvalue weighted by Gasteiger charge is 2.21. The van der Waals surface area contributed by atoms with Crippen molar-refractivity contribution < 1.29 is 17.9 Å². The minimum absolute atomic E-state index is 0.0137. The molecule has 2 aromatic rings. The maximum absolute atomic E-state index is 12.7. The molecule has 0 aliphatic heterocycles. The number of primary amides is 1. The van der Waals surface area contributed by atoms with E-state index in [0.717, 1.165) is 5.56 Å². The molecule has 2 rings (SSSR count). The first-order valence-electron chi connectivity index (χ1n) is 8.29. The molecule has 0 aromatic heterocycles. The molecule has 27 heavy (non-hydrogen) atoms. The standard InChI is InChI=1S/C18H23ClN2O4SSi/c1-27(2,3)15-7-4-13(5-8-15)11-21-26(23,24)17-10-14(19)6-9-16(17)25-12-18(20)22/h4-10,21H,11-12H2,1-3H3,(H2,20,22). The topological polar surface area (TPSA) is 98.5 Å². The van der Waals surface area contributed by atoms with Gasteiger partial charge in [0, 0.05) is 11.6 Å². The maximum Gasteiger partial charge on any atom is 0.255 e. The van der Waals surface area contributed by atoms with E-state index in [9.17, 15) is 13.2 Å². The molecule has 0 unspecified atom stereocenters. The molecular weight excluding hydrogens is 404 g/mol. The van der Waals surface area contributed by atoms with Gasteiger partial charge in [-0.05, 0) is 23.8 Å². The average Bonchev–Trinajstić information content (AvgIpc) is 2.58. The molecule has 2 aromatic carbocycles. The van der Waals surface area contributed by atoms with Gasteiger partial charge in [-0.25, -0.2) is 13.1 Å². The Morgan fingerprint density at radius 3 is 2.33 bits per heavy atom. The van der Waals surface area contributed by atoms with Crippen LogP contribution in [0, 0.1) is 0 Å². The zero-order valence-electron chi connectivity index (χ0n) is 15.5. The predicted octanol–water partition coefficient (Wildman–Crippen LogP) is 2.23. The fourth-order valence-corrected chi connectivity index (χ4v) is 4.93. The maximum atomic E-state index is 12.7. The quantitative estimate of drug-likeness (QED) is 0.632. The Labute approximate surface area is 165 Å². The number of carbonyl (C=O) groups is 1. The molecule has 0 atom stereocenters. The Morgan fingerprint density at radius 2 is 1.78 bits per heavy atom. The Hall–Kier alpha value is -1.87. The van der Waals surface area contributed by atoms with E-state index >= 15 is 0 Å². The third-order valence-electron chi connectivity index (χ3n) is 3.85. The predicted molar refractivity (Wildman–Crippen MR) is 110 cm³/mol. The Balaban J connectivity index is 2.19. The normalized spacial score (nSPS) is 12.0. The summed E-state index contributed by atoms with van der Waals surface area (Å²) in [5.74, 6) is -0.691. The first-order chi connectivity index (χ1) is 12.5. The summed E-state index contributed by atoms with van der Waals surface area (Å²) in [7, 11) is -5.31. The summed E-state index contributed by atoms with van der Waals surface area (Å²) < 4.78 is 33.1. The van der Waals surface area contributed by atoms with Crippen LogP contribution in [-0.2, 0) is 21.4 Å². The van der Waals surface area contributed by atoms with Crippen molar-refractivity contribution >= 4 is 40.8 Å². The smallest absolute Gasteiger partial charge is 0.255 e. The Bertz CT molecular complexity index is 925. The Kier molecular flexibility index (Phi) is 6.69. The van der Waals surface area contributed by atoms with Crippen LogP contribution in [0.1, 0.15) is 5.56 Å². The number of rotatable bonds is 8. The van der Waals surface area contributed by atoms with Crippen LogP contribution in [0.2, 0.25) is 24.7 Å². The van der Waals surface area contributed by atoms with Crippen molar-refractivity contribution in [1.29, 1.82) is 0 Å². The van der Waals surface area contributed by atoms with Gasteiger partial charge in [-0.3, -0.25) is 4.79 Å². The van der Waals surface area contributed by atoms with Crippen LogP contribution in [-0.4, -0.2) is 29.0 Å². The Morgan fingerprint density at radius 1 is 1.15 bits per heavy atom. The van der Waals surface area contributed by atoms with Crippen LogP contribution in [0.25, 0.3) is 0 Å². The van der Waals surface area contributed by atoms with Gasteiger partial charge in [-0.1, -0.05) is 60.7 Å². The van der Waals surface area contributed by atoms with Crippen LogP contribution < -0.4 is 20.4 Å². The van der Waals surface area contributed by atoms with E-state index < -0.39 is 30.6 Å². The molecule has 3 N–H and O–H groups in total. The van der Waals surface area contributed by atoms with Crippen molar-refractivity contribution in [2.45, 2.75) is 31.1 Å². The van der Waals surface area contributed by atoms with Crippen molar-refractivity contribution in [2.24, 2.45) is 5.73 Å². The molecule has 1 amide bonds. The fraction of sp³-hybridized carbons (Fsp3) is 0.278. The largest absolute Gasteiger partial charge is 0.482 e. The second-order valence-electron chi connectivity index (χ2n) is 7.12. The summed E-state index contributed by atoms with van der Waals surface area (Å²) in [6.45, 7) is 6.44. The van der Waals surface area contributed by atoms with Crippen molar-refractivity contribution in [3.8, 4) is 5.75 Å². The van der Waals surface area contributed by atoms with Crippen molar-refractivity contribution in [2.75, 3.05) is 6.61 Å². The first-order valence-corrected chi connectivity index (χ1v) is 13.6. The number of ether oxygens (including phenoxy) is 1. The van der Waals surface area contributed by atoms with Crippen molar-refractivity contribution in [1.82, 2.24) is 4.72 Å².